The average Bonchev–Trinajstić information content (AvgIpc) is 2.51. The molecule has 1 atom stereocenters. The third-order valence-corrected chi connectivity index (χ3v) is 4.95. The highest BCUT2D eigenvalue weighted by atomic mass is 16.5. The van der Waals surface area contributed by atoms with Crippen molar-refractivity contribution in [1.29, 1.82) is 0 Å². The van der Waals surface area contributed by atoms with Crippen LogP contribution >= 0.6 is 0 Å². The zero-order valence-electron chi connectivity index (χ0n) is 13.1. The Balaban J connectivity index is 1.85. The van der Waals surface area contributed by atoms with Gasteiger partial charge in [0.25, 0.3) is 0 Å². The molecule has 2 heterocycles. The van der Waals surface area contributed by atoms with E-state index in [4.69, 9.17) is 4.74 Å². The molecule has 4 heteroatoms. The minimum Gasteiger partial charge on any atom is -0.504 e. The van der Waals surface area contributed by atoms with Gasteiger partial charge >= 0.3 is 0 Å². The number of nitrogens with zero attached hydrogens (tertiary/aromatic N) is 2. The van der Waals surface area contributed by atoms with E-state index in [1.807, 2.05) is 12.1 Å². The summed E-state index contributed by atoms with van der Waals surface area (Å²) < 4.78 is 5.25. The summed E-state index contributed by atoms with van der Waals surface area (Å²) in [6.07, 6.45) is 5.03. The number of benzene rings is 1. The maximum atomic E-state index is 10.1. The lowest BCUT2D eigenvalue weighted by molar-refractivity contribution is 0.138. The number of hydrogen-bond acceptors (Lipinski definition) is 4. The van der Waals surface area contributed by atoms with Gasteiger partial charge in [-0.15, -0.1) is 0 Å². The molecule has 21 heavy (non-hydrogen) atoms. The van der Waals surface area contributed by atoms with Gasteiger partial charge in [-0.1, -0.05) is 6.42 Å². The highest BCUT2D eigenvalue weighted by Gasteiger charge is 2.28. The predicted octanol–water partition coefficient (Wildman–Crippen LogP) is 2.42. The molecule has 116 valence electrons. The number of likely N-dealkylation sites (N-methyl/N-ethyl adjacent to an activating group) is 1. The molecule has 0 amide bonds. The lowest BCUT2D eigenvalue weighted by Gasteiger charge is -2.39. The van der Waals surface area contributed by atoms with Crippen LogP contribution in [0.5, 0.6) is 11.5 Å². The Morgan fingerprint density at radius 3 is 2.67 bits per heavy atom. The molecular formula is C17H26N2O2. The first-order valence-electron chi connectivity index (χ1n) is 8.01. The SMILES string of the molecule is COc1cc2c(cc1O)[C@H](CN1CCCCC1)N(C)CC2. The van der Waals surface area contributed by atoms with Crippen LogP contribution in [0.25, 0.3) is 0 Å². The maximum Gasteiger partial charge on any atom is 0.160 e. The first-order chi connectivity index (χ1) is 10.2. The fourth-order valence-electron chi connectivity index (χ4n) is 3.63. The number of rotatable bonds is 3. The number of phenolic OH excluding ortho intramolecular Hbond substituents is 1. The van der Waals surface area contributed by atoms with Crippen LogP contribution in [-0.2, 0) is 6.42 Å². The number of phenols is 1. The van der Waals surface area contributed by atoms with Crippen molar-refractivity contribution in [2.45, 2.75) is 31.7 Å². The number of hydrogen-bond donors (Lipinski definition) is 1. The number of fused-ring (bicyclic) bond motifs is 1. The van der Waals surface area contributed by atoms with Gasteiger partial charge in [-0.3, -0.25) is 4.90 Å². The average molecular weight is 290 g/mol. The standard InChI is InChI=1S/C17H26N2O2/c1-18-9-6-13-10-17(21-2)16(20)11-14(13)15(18)12-19-7-4-3-5-8-19/h10-11,15,20H,3-9,12H2,1-2H3/t15-/m0/s1. The number of piperidine rings is 1. The van der Waals surface area contributed by atoms with E-state index >= 15 is 0 Å². The van der Waals surface area contributed by atoms with Crippen LogP contribution in [0.4, 0.5) is 0 Å². The van der Waals surface area contributed by atoms with E-state index in [9.17, 15) is 5.11 Å². The van der Waals surface area contributed by atoms with Crippen molar-refractivity contribution in [2.75, 3.05) is 40.3 Å². The molecule has 3 rings (SSSR count). The number of ether oxygens (including phenoxy) is 1. The van der Waals surface area contributed by atoms with Gasteiger partial charge in [-0.05, 0) is 62.7 Å². The molecule has 0 radical (unpaired) electrons. The number of aromatic hydroxyl groups is 1. The van der Waals surface area contributed by atoms with Crippen LogP contribution in [0.3, 0.4) is 0 Å². The van der Waals surface area contributed by atoms with Crippen LogP contribution in [-0.4, -0.2) is 55.2 Å². The quantitative estimate of drug-likeness (QED) is 0.927. The second-order valence-electron chi connectivity index (χ2n) is 6.33. The predicted molar refractivity (Wildman–Crippen MR) is 84.0 cm³/mol. The third kappa shape index (κ3) is 3.01. The molecule has 0 spiro atoms. The molecule has 1 aromatic rings. The van der Waals surface area contributed by atoms with E-state index in [-0.39, 0.29) is 5.75 Å². The van der Waals surface area contributed by atoms with Crippen LogP contribution < -0.4 is 4.74 Å². The molecule has 0 unspecified atom stereocenters. The molecule has 0 bridgehead atoms. The minimum atomic E-state index is 0.259. The summed E-state index contributed by atoms with van der Waals surface area (Å²) in [6, 6.07) is 4.31. The van der Waals surface area contributed by atoms with E-state index in [2.05, 4.69) is 16.8 Å². The van der Waals surface area contributed by atoms with Crippen molar-refractivity contribution in [3.8, 4) is 11.5 Å². The van der Waals surface area contributed by atoms with Crippen molar-refractivity contribution in [3.05, 3.63) is 23.3 Å². The van der Waals surface area contributed by atoms with Gasteiger partial charge < -0.3 is 14.7 Å². The Bertz CT molecular complexity index is 498. The number of methoxy groups -OCH3 is 1. The van der Waals surface area contributed by atoms with E-state index in [1.54, 1.807) is 7.11 Å². The Hall–Kier alpha value is -1.26. The fraction of sp³-hybridized carbons (Fsp3) is 0.647. The summed E-state index contributed by atoms with van der Waals surface area (Å²) in [5, 5.41) is 10.1. The maximum absolute atomic E-state index is 10.1. The zero-order chi connectivity index (χ0) is 14.8. The molecule has 4 nitrogen and oxygen atoms in total. The topological polar surface area (TPSA) is 35.9 Å². The molecule has 2 aliphatic rings. The largest absolute Gasteiger partial charge is 0.504 e. The monoisotopic (exact) mass is 290 g/mol. The highest BCUT2D eigenvalue weighted by molar-refractivity contribution is 5.48. The van der Waals surface area contributed by atoms with Crippen molar-refractivity contribution < 1.29 is 9.84 Å². The van der Waals surface area contributed by atoms with Crippen LogP contribution in [0.15, 0.2) is 12.1 Å². The molecule has 1 aromatic carbocycles. The van der Waals surface area contributed by atoms with Crippen LogP contribution in [0, 0.1) is 0 Å². The van der Waals surface area contributed by atoms with Gasteiger partial charge in [-0.2, -0.15) is 0 Å². The Kier molecular flexibility index (Phi) is 4.36. The van der Waals surface area contributed by atoms with Crippen molar-refractivity contribution in [1.82, 2.24) is 9.80 Å². The summed E-state index contributed by atoms with van der Waals surface area (Å²) in [5.41, 5.74) is 2.59. The Labute approximate surface area is 127 Å². The molecule has 0 aliphatic carbocycles. The first-order valence-corrected chi connectivity index (χ1v) is 8.01. The normalized spacial score (nSPS) is 23.8. The van der Waals surface area contributed by atoms with Crippen molar-refractivity contribution in [3.63, 3.8) is 0 Å². The zero-order valence-corrected chi connectivity index (χ0v) is 13.1. The molecule has 0 aromatic heterocycles. The van der Waals surface area contributed by atoms with Crippen LogP contribution in [0.1, 0.15) is 36.4 Å². The third-order valence-electron chi connectivity index (χ3n) is 4.95. The van der Waals surface area contributed by atoms with E-state index in [0.717, 1.165) is 19.5 Å². The number of likely N-dealkylation sites (tertiary alicyclic amines) is 1. The Morgan fingerprint density at radius 2 is 1.95 bits per heavy atom. The molecule has 1 N–H and O–H groups in total. The first kappa shape index (κ1) is 14.7. The van der Waals surface area contributed by atoms with E-state index < -0.39 is 0 Å². The highest BCUT2D eigenvalue weighted by Crippen LogP contribution is 2.37. The minimum absolute atomic E-state index is 0.259. The van der Waals surface area contributed by atoms with E-state index in [0.29, 0.717) is 11.8 Å². The second-order valence-corrected chi connectivity index (χ2v) is 6.33. The van der Waals surface area contributed by atoms with Gasteiger partial charge in [0.2, 0.25) is 0 Å². The van der Waals surface area contributed by atoms with E-state index in [1.165, 1.54) is 43.5 Å². The summed E-state index contributed by atoms with van der Waals surface area (Å²) in [7, 11) is 3.81. The van der Waals surface area contributed by atoms with Gasteiger partial charge in [-0.25, -0.2) is 0 Å². The van der Waals surface area contributed by atoms with Gasteiger partial charge in [0, 0.05) is 19.1 Å². The smallest absolute Gasteiger partial charge is 0.160 e. The Morgan fingerprint density at radius 1 is 1.19 bits per heavy atom. The summed E-state index contributed by atoms with van der Waals surface area (Å²) in [5.74, 6) is 0.852. The van der Waals surface area contributed by atoms with Crippen molar-refractivity contribution in [2.24, 2.45) is 0 Å². The summed E-state index contributed by atoms with van der Waals surface area (Å²) in [4.78, 5) is 4.99. The molecule has 0 saturated carbocycles. The van der Waals surface area contributed by atoms with Crippen molar-refractivity contribution >= 4 is 0 Å². The fourth-order valence-corrected chi connectivity index (χ4v) is 3.63. The van der Waals surface area contributed by atoms with Crippen LogP contribution in [0.2, 0.25) is 0 Å². The lowest BCUT2D eigenvalue weighted by Crippen LogP contribution is -2.41. The second kappa shape index (κ2) is 6.24. The molecule has 2 aliphatic heterocycles. The lowest BCUT2D eigenvalue weighted by atomic mass is 9.91. The summed E-state index contributed by atoms with van der Waals surface area (Å²) >= 11 is 0. The van der Waals surface area contributed by atoms with Gasteiger partial charge in [0.15, 0.2) is 11.5 Å². The summed E-state index contributed by atoms with van der Waals surface area (Å²) in [6.45, 7) is 4.55. The van der Waals surface area contributed by atoms with Gasteiger partial charge in [0.05, 0.1) is 7.11 Å². The molecule has 1 saturated heterocycles. The molecular weight excluding hydrogens is 264 g/mol. The molecule has 1 fully saturated rings. The van der Waals surface area contributed by atoms with Gasteiger partial charge in [0.1, 0.15) is 0 Å².